The van der Waals surface area contributed by atoms with Crippen molar-refractivity contribution in [3.05, 3.63) is 66.7 Å². The molecular formula is C21H25N3O5S. The first-order valence-corrected chi connectivity index (χ1v) is 11.0. The summed E-state index contributed by atoms with van der Waals surface area (Å²) in [5.41, 5.74) is 3.37. The van der Waals surface area contributed by atoms with Gasteiger partial charge >= 0.3 is 0 Å². The molecule has 8 nitrogen and oxygen atoms in total. The number of anilines is 1. The summed E-state index contributed by atoms with van der Waals surface area (Å²) in [7, 11) is -3.72. The topological polar surface area (TPSA) is 97.3 Å². The molecule has 1 amide bonds. The molecule has 160 valence electrons. The quantitative estimate of drug-likeness (QED) is 0.335. The SMILES string of the molecule is C=CCOc1ccc(/C=N\NC(=O)CN(c2ccccc2OCC)S(C)(=O)=O)cc1. The summed E-state index contributed by atoms with van der Waals surface area (Å²) in [5.74, 6) is 0.474. The number of sulfonamides is 1. The Morgan fingerprint density at radius 3 is 2.50 bits per heavy atom. The van der Waals surface area contributed by atoms with E-state index in [0.29, 0.717) is 24.7 Å². The Labute approximate surface area is 176 Å². The standard InChI is InChI=1S/C21H25N3O5S/c1-4-14-29-18-12-10-17(11-13-18)15-22-23-21(25)16-24(30(3,26)27)19-8-6-7-9-20(19)28-5-2/h4,6-13,15H,1,5,14,16H2,2-3H3,(H,23,25)/b22-15-. The van der Waals surface area contributed by atoms with E-state index in [1.807, 2.05) is 0 Å². The number of nitrogens with one attached hydrogen (secondary N) is 1. The Bertz CT molecular complexity index is 988. The summed E-state index contributed by atoms with van der Waals surface area (Å²) in [6.45, 7) is 5.71. The van der Waals surface area contributed by atoms with Crippen LogP contribution in [0.5, 0.6) is 11.5 Å². The highest BCUT2D eigenvalue weighted by atomic mass is 32.2. The fraction of sp³-hybridized carbons (Fsp3) is 0.238. The third-order valence-corrected chi connectivity index (χ3v) is 4.90. The number of nitrogens with zero attached hydrogens (tertiary/aromatic N) is 2. The second-order valence-corrected chi connectivity index (χ2v) is 8.04. The van der Waals surface area contributed by atoms with Crippen molar-refractivity contribution in [2.75, 3.05) is 30.3 Å². The van der Waals surface area contributed by atoms with Crippen LogP contribution in [0.3, 0.4) is 0 Å². The van der Waals surface area contributed by atoms with E-state index >= 15 is 0 Å². The Morgan fingerprint density at radius 1 is 1.17 bits per heavy atom. The maximum atomic E-state index is 12.3. The predicted molar refractivity (Wildman–Crippen MR) is 118 cm³/mol. The maximum Gasteiger partial charge on any atom is 0.260 e. The van der Waals surface area contributed by atoms with E-state index in [1.54, 1.807) is 61.5 Å². The Balaban J connectivity index is 2.05. The van der Waals surface area contributed by atoms with Crippen molar-refractivity contribution < 1.29 is 22.7 Å². The van der Waals surface area contributed by atoms with Gasteiger partial charge in [-0.2, -0.15) is 5.10 Å². The van der Waals surface area contributed by atoms with E-state index in [2.05, 4.69) is 17.1 Å². The molecule has 2 rings (SSSR count). The summed E-state index contributed by atoms with van der Waals surface area (Å²) in [4.78, 5) is 12.3. The van der Waals surface area contributed by atoms with Gasteiger partial charge in [0.1, 0.15) is 24.7 Å². The highest BCUT2D eigenvalue weighted by Crippen LogP contribution is 2.29. The monoisotopic (exact) mass is 431 g/mol. The molecule has 0 bridgehead atoms. The van der Waals surface area contributed by atoms with Gasteiger partial charge in [0.05, 0.1) is 24.8 Å². The highest BCUT2D eigenvalue weighted by Gasteiger charge is 2.23. The summed E-state index contributed by atoms with van der Waals surface area (Å²) in [6, 6.07) is 13.7. The van der Waals surface area contributed by atoms with Crippen LogP contribution in [0.4, 0.5) is 5.69 Å². The zero-order valence-electron chi connectivity index (χ0n) is 16.9. The number of hydrogen-bond donors (Lipinski definition) is 1. The van der Waals surface area contributed by atoms with Crippen molar-refractivity contribution in [2.24, 2.45) is 5.10 Å². The molecule has 0 spiro atoms. The minimum absolute atomic E-state index is 0.288. The lowest BCUT2D eigenvalue weighted by Crippen LogP contribution is -2.39. The smallest absolute Gasteiger partial charge is 0.260 e. The molecule has 0 heterocycles. The molecule has 30 heavy (non-hydrogen) atoms. The van der Waals surface area contributed by atoms with E-state index in [-0.39, 0.29) is 5.69 Å². The number of ether oxygens (including phenoxy) is 2. The van der Waals surface area contributed by atoms with Crippen molar-refractivity contribution in [2.45, 2.75) is 6.92 Å². The molecule has 0 saturated heterocycles. The van der Waals surface area contributed by atoms with Gasteiger partial charge in [-0.3, -0.25) is 9.10 Å². The molecule has 0 aliphatic heterocycles. The first kappa shape index (κ1) is 23.0. The largest absolute Gasteiger partial charge is 0.492 e. The van der Waals surface area contributed by atoms with Gasteiger partial charge in [0, 0.05) is 0 Å². The summed E-state index contributed by atoms with van der Waals surface area (Å²) in [6.07, 6.45) is 4.13. The Morgan fingerprint density at radius 2 is 1.87 bits per heavy atom. The summed E-state index contributed by atoms with van der Waals surface area (Å²) in [5, 5.41) is 3.89. The number of amides is 1. The van der Waals surface area contributed by atoms with E-state index < -0.39 is 22.5 Å². The van der Waals surface area contributed by atoms with Gasteiger partial charge in [-0.1, -0.05) is 24.8 Å². The molecule has 9 heteroatoms. The fourth-order valence-electron chi connectivity index (χ4n) is 2.47. The van der Waals surface area contributed by atoms with Crippen molar-refractivity contribution in [1.29, 1.82) is 0 Å². The maximum absolute atomic E-state index is 12.3. The average Bonchev–Trinajstić information content (AvgIpc) is 2.71. The van der Waals surface area contributed by atoms with Gasteiger partial charge in [0.25, 0.3) is 5.91 Å². The third kappa shape index (κ3) is 6.93. The minimum Gasteiger partial charge on any atom is -0.492 e. The van der Waals surface area contributed by atoms with Crippen LogP contribution in [0.15, 0.2) is 66.3 Å². The molecule has 0 saturated carbocycles. The van der Waals surface area contributed by atoms with Gasteiger partial charge in [-0.15, -0.1) is 0 Å². The normalized spacial score (nSPS) is 11.1. The van der Waals surface area contributed by atoms with Gasteiger partial charge < -0.3 is 9.47 Å². The number of hydrazone groups is 1. The molecule has 0 aliphatic carbocycles. The molecule has 0 fully saturated rings. The molecule has 2 aromatic rings. The van der Waals surface area contributed by atoms with Crippen LogP contribution < -0.4 is 19.2 Å². The summed E-state index contributed by atoms with van der Waals surface area (Å²) >= 11 is 0. The molecule has 0 unspecified atom stereocenters. The van der Waals surface area contributed by atoms with Crippen LogP contribution in [0.1, 0.15) is 12.5 Å². The van der Waals surface area contributed by atoms with Crippen LogP contribution in [0, 0.1) is 0 Å². The first-order chi connectivity index (χ1) is 14.3. The number of carbonyl (C=O) groups excluding carboxylic acids is 1. The molecule has 0 atom stereocenters. The number of para-hydroxylation sites is 2. The Kier molecular flexibility index (Phi) is 8.42. The Hall–Kier alpha value is -3.33. The van der Waals surface area contributed by atoms with Crippen molar-refractivity contribution >= 4 is 27.8 Å². The van der Waals surface area contributed by atoms with Crippen molar-refractivity contribution in [3.8, 4) is 11.5 Å². The average molecular weight is 432 g/mol. The lowest BCUT2D eigenvalue weighted by atomic mass is 10.2. The molecular weight excluding hydrogens is 406 g/mol. The predicted octanol–water partition coefficient (Wildman–Crippen LogP) is 2.57. The van der Waals surface area contributed by atoms with Gasteiger partial charge in [0.15, 0.2) is 0 Å². The minimum atomic E-state index is -3.72. The van der Waals surface area contributed by atoms with E-state index in [0.717, 1.165) is 16.1 Å². The van der Waals surface area contributed by atoms with Gasteiger partial charge in [0.2, 0.25) is 10.0 Å². The molecule has 0 aromatic heterocycles. The van der Waals surface area contributed by atoms with Gasteiger partial charge in [-0.05, 0) is 48.9 Å². The molecule has 0 radical (unpaired) electrons. The van der Waals surface area contributed by atoms with Crippen LogP contribution in [-0.2, 0) is 14.8 Å². The van der Waals surface area contributed by atoms with Gasteiger partial charge in [-0.25, -0.2) is 13.8 Å². The second kappa shape index (κ2) is 11.0. The third-order valence-electron chi connectivity index (χ3n) is 3.77. The fourth-order valence-corrected chi connectivity index (χ4v) is 3.33. The lowest BCUT2D eigenvalue weighted by Gasteiger charge is -2.23. The zero-order valence-corrected chi connectivity index (χ0v) is 17.8. The highest BCUT2D eigenvalue weighted by molar-refractivity contribution is 7.92. The van der Waals surface area contributed by atoms with E-state index in [9.17, 15) is 13.2 Å². The molecule has 1 N–H and O–H groups in total. The second-order valence-electron chi connectivity index (χ2n) is 6.13. The van der Waals surface area contributed by atoms with Crippen molar-refractivity contribution in [3.63, 3.8) is 0 Å². The van der Waals surface area contributed by atoms with Crippen LogP contribution in [0.25, 0.3) is 0 Å². The molecule has 2 aromatic carbocycles. The number of hydrogen-bond acceptors (Lipinski definition) is 6. The van der Waals surface area contributed by atoms with Crippen LogP contribution in [-0.4, -0.2) is 46.6 Å². The summed E-state index contributed by atoms with van der Waals surface area (Å²) < 4.78 is 36.4. The van der Waals surface area contributed by atoms with Crippen LogP contribution >= 0.6 is 0 Å². The number of rotatable bonds is 11. The van der Waals surface area contributed by atoms with E-state index in [4.69, 9.17) is 9.47 Å². The molecule has 0 aliphatic rings. The zero-order chi connectivity index (χ0) is 22.0. The van der Waals surface area contributed by atoms with Crippen molar-refractivity contribution in [1.82, 2.24) is 5.43 Å². The number of carbonyl (C=O) groups is 1. The van der Waals surface area contributed by atoms with E-state index in [1.165, 1.54) is 6.21 Å². The lowest BCUT2D eigenvalue weighted by molar-refractivity contribution is -0.119. The number of benzene rings is 2. The first-order valence-electron chi connectivity index (χ1n) is 9.20. The van der Waals surface area contributed by atoms with Crippen LogP contribution in [0.2, 0.25) is 0 Å².